The summed E-state index contributed by atoms with van der Waals surface area (Å²) in [5.41, 5.74) is 0. The van der Waals surface area contributed by atoms with E-state index < -0.39 is 5.97 Å². The van der Waals surface area contributed by atoms with Crippen LogP contribution in [0, 0.1) is 5.92 Å². The maximum atomic E-state index is 11.8. The first-order valence-corrected chi connectivity index (χ1v) is 5.78. The average Bonchev–Trinajstić information content (AvgIpc) is 2.57. The largest absolute Gasteiger partial charge is 0.481 e. The van der Waals surface area contributed by atoms with E-state index in [0.717, 1.165) is 4.90 Å². The molecule has 0 spiro atoms. The number of nitrogens with zero attached hydrogens (tertiary/aromatic N) is 2. The molecule has 1 unspecified atom stereocenters. The zero-order valence-electron chi connectivity index (χ0n) is 9.76. The minimum Gasteiger partial charge on any atom is -0.481 e. The molecule has 6 nitrogen and oxygen atoms in total. The number of carbonyl (C=O) groups is 3. The number of hydrogen-bond donors (Lipinski definition) is 1. The number of imide groups is 1. The van der Waals surface area contributed by atoms with Crippen LogP contribution in [0.4, 0.5) is 0 Å². The van der Waals surface area contributed by atoms with Gasteiger partial charge < -0.3 is 5.11 Å². The van der Waals surface area contributed by atoms with E-state index in [1.807, 2.05) is 4.90 Å². The van der Waals surface area contributed by atoms with Gasteiger partial charge in [-0.05, 0) is 25.9 Å². The van der Waals surface area contributed by atoms with Crippen molar-refractivity contribution in [2.75, 3.05) is 20.1 Å². The number of carbonyl (C=O) groups excluding carboxylic acids is 2. The Hall–Kier alpha value is -1.43. The predicted molar refractivity (Wildman–Crippen MR) is 58.1 cm³/mol. The second-order valence-electron chi connectivity index (χ2n) is 4.66. The van der Waals surface area contributed by atoms with Crippen molar-refractivity contribution >= 4 is 17.8 Å². The Balaban J connectivity index is 1.96. The second kappa shape index (κ2) is 4.44. The molecule has 1 atom stereocenters. The van der Waals surface area contributed by atoms with Crippen LogP contribution in [0.25, 0.3) is 0 Å². The number of rotatable bonds is 2. The van der Waals surface area contributed by atoms with E-state index >= 15 is 0 Å². The smallest absolute Gasteiger partial charge is 0.306 e. The van der Waals surface area contributed by atoms with Crippen molar-refractivity contribution in [3.63, 3.8) is 0 Å². The molecule has 2 heterocycles. The molecule has 6 heteroatoms. The number of hydrogen-bond acceptors (Lipinski definition) is 4. The molecule has 94 valence electrons. The lowest BCUT2D eigenvalue weighted by Crippen LogP contribution is -2.46. The zero-order valence-corrected chi connectivity index (χ0v) is 9.76. The van der Waals surface area contributed by atoms with Gasteiger partial charge in [-0.1, -0.05) is 0 Å². The molecule has 2 aliphatic heterocycles. The van der Waals surface area contributed by atoms with Crippen LogP contribution >= 0.6 is 0 Å². The number of piperidine rings is 1. The fraction of sp³-hybridized carbons (Fsp3) is 0.727. The number of aliphatic carboxylic acids is 1. The molecule has 0 aromatic carbocycles. The van der Waals surface area contributed by atoms with Gasteiger partial charge in [-0.25, -0.2) is 0 Å². The quantitative estimate of drug-likeness (QED) is 0.661. The monoisotopic (exact) mass is 240 g/mol. The summed E-state index contributed by atoms with van der Waals surface area (Å²) in [6, 6.07) is -0.373. The number of carboxylic acid groups (broad SMARTS) is 1. The summed E-state index contributed by atoms with van der Waals surface area (Å²) in [7, 11) is 1.49. The fourth-order valence-corrected chi connectivity index (χ4v) is 2.48. The van der Waals surface area contributed by atoms with E-state index in [-0.39, 0.29) is 30.2 Å². The Labute approximate surface area is 99.2 Å². The molecule has 0 aromatic rings. The van der Waals surface area contributed by atoms with Crippen LogP contribution < -0.4 is 0 Å². The van der Waals surface area contributed by atoms with Crippen LogP contribution in [0.3, 0.4) is 0 Å². The summed E-state index contributed by atoms with van der Waals surface area (Å²) in [6.07, 6.45) is 1.33. The lowest BCUT2D eigenvalue weighted by atomic mass is 9.96. The molecule has 2 aliphatic rings. The van der Waals surface area contributed by atoms with Gasteiger partial charge in [0.2, 0.25) is 11.8 Å². The minimum absolute atomic E-state index is 0.152. The highest BCUT2D eigenvalue weighted by Crippen LogP contribution is 2.24. The zero-order chi connectivity index (χ0) is 12.6. The molecule has 0 aromatic heterocycles. The van der Waals surface area contributed by atoms with Crippen LogP contribution in [-0.2, 0) is 14.4 Å². The Morgan fingerprint density at radius 3 is 2.29 bits per heavy atom. The summed E-state index contributed by atoms with van der Waals surface area (Å²) in [5.74, 6) is -1.39. The minimum atomic E-state index is -0.768. The summed E-state index contributed by atoms with van der Waals surface area (Å²) in [4.78, 5) is 37.1. The van der Waals surface area contributed by atoms with Crippen molar-refractivity contribution < 1.29 is 19.5 Å². The SMILES string of the molecule is CN1C(=O)CC(N2CCC(C(=O)O)CC2)C1=O. The molecular weight excluding hydrogens is 224 g/mol. The highest BCUT2D eigenvalue weighted by molar-refractivity contribution is 6.05. The number of amides is 2. The molecule has 0 radical (unpaired) electrons. The van der Waals surface area contributed by atoms with Crippen LogP contribution in [0.5, 0.6) is 0 Å². The van der Waals surface area contributed by atoms with Crippen molar-refractivity contribution in [3.8, 4) is 0 Å². The first-order chi connectivity index (χ1) is 8.00. The molecular formula is C11H16N2O4. The molecule has 0 saturated carbocycles. The standard InChI is InChI=1S/C11H16N2O4/c1-12-9(14)6-8(10(12)15)13-4-2-7(3-5-13)11(16)17/h7-8H,2-6H2,1H3,(H,16,17). The normalized spacial score (nSPS) is 27.8. The van der Waals surface area contributed by atoms with Gasteiger partial charge in [-0.3, -0.25) is 24.2 Å². The number of likely N-dealkylation sites (N-methyl/N-ethyl adjacent to an activating group) is 1. The van der Waals surface area contributed by atoms with Crippen LogP contribution in [-0.4, -0.2) is 58.9 Å². The highest BCUT2D eigenvalue weighted by Gasteiger charge is 2.41. The van der Waals surface area contributed by atoms with Crippen LogP contribution in [0.15, 0.2) is 0 Å². The summed E-state index contributed by atoms with van der Waals surface area (Å²) >= 11 is 0. The Bertz CT molecular complexity index is 360. The molecule has 17 heavy (non-hydrogen) atoms. The van der Waals surface area contributed by atoms with Gasteiger partial charge in [0.05, 0.1) is 18.4 Å². The summed E-state index contributed by atoms with van der Waals surface area (Å²) in [5, 5.41) is 8.88. The van der Waals surface area contributed by atoms with E-state index in [1.54, 1.807) is 0 Å². The topological polar surface area (TPSA) is 77.9 Å². The molecule has 0 aliphatic carbocycles. The molecule has 2 saturated heterocycles. The lowest BCUT2D eigenvalue weighted by molar-refractivity contribution is -0.143. The third-order valence-corrected chi connectivity index (χ3v) is 3.68. The van der Waals surface area contributed by atoms with E-state index in [1.165, 1.54) is 7.05 Å². The predicted octanol–water partition coefficient (Wildman–Crippen LogP) is -0.460. The van der Waals surface area contributed by atoms with E-state index in [0.29, 0.717) is 25.9 Å². The number of carboxylic acids is 1. The molecule has 2 amide bonds. The van der Waals surface area contributed by atoms with Gasteiger partial charge in [-0.2, -0.15) is 0 Å². The van der Waals surface area contributed by atoms with Gasteiger partial charge in [0.1, 0.15) is 0 Å². The van der Waals surface area contributed by atoms with Crippen LogP contribution in [0.2, 0.25) is 0 Å². The van der Waals surface area contributed by atoms with E-state index in [4.69, 9.17) is 5.11 Å². The third-order valence-electron chi connectivity index (χ3n) is 3.68. The van der Waals surface area contributed by atoms with Crippen molar-refractivity contribution in [1.82, 2.24) is 9.80 Å². The van der Waals surface area contributed by atoms with Gasteiger partial charge in [0, 0.05) is 7.05 Å². The van der Waals surface area contributed by atoms with E-state index in [9.17, 15) is 14.4 Å². The lowest BCUT2D eigenvalue weighted by Gasteiger charge is -2.33. The molecule has 2 fully saturated rings. The van der Waals surface area contributed by atoms with Gasteiger partial charge in [0.25, 0.3) is 0 Å². The van der Waals surface area contributed by atoms with E-state index in [2.05, 4.69) is 0 Å². The molecule has 0 bridgehead atoms. The summed E-state index contributed by atoms with van der Waals surface area (Å²) in [6.45, 7) is 1.16. The molecule has 2 rings (SSSR count). The first kappa shape index (κ1) is 12.0. The molecule has 1 N–H and O–H groups in total. The Kier molecular flexibility index (Phi) is 3.15. The fourth-order valence-electron chi connectivity index (χ4n) is 2.48. The van der Waals surface area contributed by atoms with Crippen LogP contribution in [0.1, 0.15) is 19.3 Å². The summed E-state index contributed by atoms with van der Waals surface area (Å²) < 4.78 is 0. The maximum absolute atomic E-state index is 11.8. The maximum Gasteiger partial charge on any atom is 0.306 e. The number of likely N-dealkylation sites (tertiary alicyclic amines) is 2. The Morgan fingerprint density at radius 1 is 1.29 bits per heavy atom. The van der Waals surface area contributed by atoms with Crippen molar-refractivity contribution in [2.24, 2.45) is 5.92 Å². The third kappa shape index (κ3) is 2.17. The highest BCUT2D eigenvalue weighted by atomic mass is 16.4. The first-order valence-electron chi connectivity index (χ1n) is 5.78. The second-order valence-corrected chi connectivity index (χ2v) is 4.66. The average molecular weight is 240 g/mol. The van der Waals surface area contributed by atoms with Gasteiger partial charge >= 0.3 is 5.97 Å². The van der Waals surface area contributed by atoms with Gasteiger partial charge in [0.15, 0.2) is 0 Å². The van der Waals surface area contributed by atoms with Gasteiger partial charge in [-0.15, -0.1) is 0 Å². The van der Waals surface area contributed by atoms with Crippen molar-refractivity contribution in [3.05, 3.63) is 0 Å². The Morgan fingerprint density at radius 2 is 1.88 bits per heavy atom. The van der Waals surface area contributed by atoms with Crippen molar-refractivity contribution in [1.29, 1.82) is 0 Å². The van der Waals surface area contributed by atoms with Crippen molar-refractivity contribution in [2.45, 2.75) is 25.3 Å².